The van der Waals surface area contributed by atoms with Crippen molar-refractivity contribution in [2.45, 2.75) is 31.8 Å². The zero-order valence-corrected chi connectivity index (χ0v) is 13.7. The predicted octanol–water partition coefficient (Wildman–Crippen LogP) is 2.04. The lowest BCUT2D eigenvalue weighted by molar-refractivity contribution is 0.0584. The zero-order valence-electron chi connectivity index (χ0n) is 13.7. The first-order valence-corrected chi connectivity index (χ1v) is 8.07. The van der Waals surface area contributed by atoms with Gasteiger partial charge >= 0.3 is 0 Å². The minimum Gasteiger partial charge on any atom is -0.363 e. The molecule has 6 heteroatoms. The number of anilines is 1. The van der Waals surface area contributed by atoms with E-state index in [1.165, 1.54) is 0 Å². The van der Waals surface area contributed by atoms with Gasteiger partial charge < -0.3 is 9.80 Å². The Morgan fingerprint density at radius 1 is 1.35 bits per heavy atom. The van der Waals surface area contributed by atoms with E-state index < -0.39 is 0 Å². The fraction of sp³-hybridized carbons (Fsp3) is 0.471. The van der Waals surface area contributed by atoms with Crippen LogP contribution in [0, 0.1) is 0 Å². The second-order valence-electron chi connectivity index (χ2n) is 6.17. The fourth-order valence-corrected chi connectivity index (χ4v) is 3.04. The number of amides is 1. The van der Waals surface area contributed by atoms with Gasteiger partial charge in [0.05, 0.1) is 12.6 Å². The lowest BCUT2D eigenvalue weighted by Gasteiger charge is -2.36. The van der Waals surface area contributed by atoms with Crippen LogP contribution in [-0.4, -0.2) is 52.3 Å². The van der Waals surface area contributed by atoms with Crippen LogP contribution in [0.2, 0.25) is 0 Å². The van der Waals surface area contributed by atoms with E-state index in [4.69, 9.17) is 0 Å². The molecule has 0 bridgehead atoms. The Morgan fingerprint density at radius 2 is 2.22 bits per heavy atom. The van der Waals surface area contributed by atoms with Crippen molar-refractivity contribution >= 4 is 11.7 Å². The molecule has 0 unspecified atom stereocenters. The molecule has 0 spiro atoms. The molecule has 0 aromatic carbocycles. The minimum atomic E-state index is 0.0901. The summed E-state index contributed by atoms with van der Waals surface area (Å²) in [6.07, 6.45) is 8.68. The van der Waals surface area contributed by atoms with Crippen LogP contribution in [0.5, 0.6) is 0 Å². The number of likely N-dealkylation sites (tertiary alicyclic amines) is 1. The Bertz CT molecular complexity index is 653. The van der Waals surface area contributed by atoms with E-state index in [-0.39, 0.29) is 11.9 Å². The fourth-order valence-electron chi connectivity index (χ4n) is 3.04. The van der Waals surface area contributed by atoms with Crippen LogP contribution >= 0.6 is 0 Å². The monoisotopic (exact) mass is 313 g/mol. The van der Waals surface area contributed by atoms with E-state index in [2.05, 4.69) is 10.1 Å². The Balaban J connectivity index is 1.79. The molecule has 1 aliphatic heterocycles. The molecule has 122 valence electrons. The number of carbonyl (C=O) groups is 1. The van der Waals surface area contributed by atoms with Gasteiger partial charge in [0.2, 0.25) is 0 Å². The third kappa shape index (κ3) is 3.52. The molecule has 1 fully saturated rings. The molecule has 3 rings (SSSR count). The molecule has 0 N–H and O–H groups in total. The summed E-state index contributed by atoms with van der Waals surface area (Å²) >= 11 is 0. The first-order valence-electron chi connectivity index (χ1n) is 8.07. The Hall–Kier alpha value is -2.37. The zero-order chi connectivity index (χ0) is 16.2. The molecule has 6 nitrogen and oxygen atoms in total. The van der Waals surface area contributed by atoms with Gasteiger partial charge in [0.25, 0.3) is 5.91 Å². The number of aromatic nitrogens is 3. The third-order valence-corrected chi connectivity index (χ3v) is 4.30. The van der Waals surface area contributed by atoms with Gasteiger partial charge in [-0.05, 0) is 37.5 Å². The largest absolute Gasteiger partial charge is 0.363 e. The maximum Gasteiger partial charge on any atom is 0.254 e. The van der Waals surface area contributed by atoms with Crippen molar-refractivity contribution in [1.29, 1.82) is 0 Å². The topological polar surface area (TPSA) is 54.3 Å². The summed E-state index contributed by atoms with van der Waals surface area (Å²) in [7, 11) is 3.86. The molecule has 2 aromatic rings. The summed E-state index contributed by atoms with van der Waals surface area (Å²) in [5, 5.41) is 4.28. The van der Waals surface area contributed by atoms with Crippen molar-refractivity contribution in [3.05, 3.63) is 42.4 Å². The van der Waals surface area contributed by atoms with Gasteiger partial charge in [-0.3, -0.25) is 9.48 Å². The Morgan fingerprint density at radius 3 is 2.96 bits per heavy atom. The molecular formula is C17H23N5O. The second kappa shape index (κ2) is 6.81. The van der Waals surface area contributed by atoms with E-state index in [0.29, 0.717) is 5.56 Å². The molecule has 1 amide bonds. The van der Waals surface area contributed by atoms with E-state index >= 15 is 0 Å². The van der Waals surface area contributed by atoms with Crippen LogP contribution < -0.4 is 4.90 Å². The van der Waals surface area contributed by atoms with Crippen molar-refractivity contribution < 1.29 is 4.79 Å². The van der Waals surface area contributed by atoms with Gasteiger partial charge in [-0.25, -0.2) is 4.98 Å². The first-order chi connectivity index (χ1) is 11.1. The Kier molecular flexibility index (Phi) is 4.60. The van der Waals surface area contributed by atoms with Crippen molar-refractivity contribution in [3.63, 3.8) is 0 Å². The highest BCUT2D eigenvalue weighted by Crippen LogP contribution is 2.22. The minimum absolute atomic E-state index is 0.0901. The smallest absolute Gasteiger partial charge is 0.254 e. The van der Waals surface area contributed by atoms with E-state index in [0.717, 1.165) is 38.2 Å². The lowest BCUT2D eigenvalue weighted by Crippen LogP contribution is -2.46. The maximum absolute atomic E-state index is 13.0. The van der Waals surface area contributed by atoms with Crippen LogP contribution in [0.25, 0.3) is 0 Å². The molecule has 3 heterocycles. The van der Waals surface area contributed by atoms with E-state index in [1.807, 2.05) is 46.9 Å². The summed E-state index contributed by atoms with van der Waals surface area (Å²) in [5.41, 5.74) is 0.705. The SMILES string of the molecule is CN(C)c1cc(C(=O)N2CCCC[C@@H]2Cn2cccn2)ccn1. The number of rotatable bonds is 4. The van der Waals surface area contributed by atoms with E-state index in [9.17, 15) is 4.79 Å². The van der Waals surface area contributed by atoms with Crippen LogP contribution in [-0.2, 0) is 6.54 Å². The standard InChI is InChI=1S/C17H23N5O/c1-20(2)16-12-14(7-9-18-16)17(23)22-11-4-3-6-15(22)13-21-10-5-8-19-21/h5,7-10,12,15H,3-4,6,11,13H2,1-2H3/t15-/m1/s1. The van der Waals surface area contributed by atoms with E-state index in [1.54, 1.807) is 18.5 Å². The molecule has 1 atom stereocenters. The number of pyridine rings is 1. The molecule has 1 aliphatic rings. The van der Waals surface area contributed by atoms with Crippen molar-refractivity contribution in [1.82, 2.24) is 19.7 Å². The van der Waals surface area contributed by atoms with Gasteiger partial charge in [-0.1, -0.05) is 0 Å². The quantitative estimate of drug-likeness (QED) is 0.867. The first kappa shape index (κ1) is 15.5. The van der Waals surface area contributed by atoms with Crippen LogP contribution in [0.4, 0.5) is 5.82 Å². The second-order valence-corrected chi connectivity index (χ2v) is 6.17. The Labute approximate surface area is 136 Å². The molecule has 2 aromatic heterocycles. The van der Waals surface area contributed by atoms with Crippen LogP contribution in [0.3, 0.4) is 0 Å². The third-order valence-electron chi connectivity index (χ3n) is 4.30. The molecule has 0 aliphatic carbocycles. The maximum atomic E-state index is 13.0. The van der Waals surface area contributed by atoms with Crippen LogP contribution in [0.15, 0.2) is 36.8 Å². The number of hydrogen-bond acceptors (Lipinski definition) is 4. The van der Waals surface area contributed by atoms with Gasteiger partial charge in [0, 0.05) is 44.8 Å². The summed E-state index contributed by atoms with van der Waals surface area (Å²) in [4.78, 5) is 21.2. The molecule has 0 saturated carbocycles. The van der Waals surface area contributed by atoms with Crippen molar-refractivity contribution in [3.8, 4) is 0 Å². The number of carbonyl (C=O) groups excluding carboxylic acids is 1. The van der Waals surface area contributed by atoms with Crippen molar-refractivity contribution in [2.75, 3.05) is 25.5 Å². The number of hydrogen-bond donors (Lipinski definition) is 0. The molecule has 1 saturated heterocycles. The highest BCUT2D eigenvalue weighted by molar-refractivity contribution is 5.95. The molecule has 23 heavy (non-hydrogen) atoms. The lowest BCUT2D eigenvalue weighted by atomic mass is 10.0. The average Bonchev–Trinajstić information content (AvgIpc) is 3.08. The number of piperidine rings is 1. The summed E-state index contributed by atoms with van der Waals surface area (Å²) < 4.78 is 1.91. The van der Waals surface area contributed by atoms with Crippen LogP contribution in [0.1, 0.15) is 29.6 Å². The highest BCUT2D eigenvalue weighted by Gasteiger charge is 2.28. The number of nitrogens with zero attached hydrogens (tertiary/aromatic N) is 5. The summed E-state index contributed by atoms with van der Waals surface area (Å²) in [5.74, 6) is 0.892. The summed E-state index contributed by atoms with van der Waals surface area (Å²) in [6.45, 7) is 1.56. The average molecular weight is 313 g/mol. The molecule has 0 radical (unpaired) electrons. The normalized spacial score (nSPS) is 18.0. The van der Waals surface area contributed by atoms with Gasteiger partial charge in [-0.2, -0.15) is 5.10 Å². The molecular weight excluding hydrogens is 290 g/mol. The van der Waals surface area contributed by atoms with Crippen molar-refractivity contribution in [2.24, 2.45) is 0 Å². The van der Waals surface area contributed by atoms with Gasteiger partial charge in [0.15, 0.2) is 0 Å². The van der Waals surface area contributed by atoms with Gasteiger partial charge in [0.1, 0.15) is 5.82 Å². The predicted molar refractivity (Wildman–Crippen MR) is 89.5 cm³/mol. The van der Waals surface area contributed by atoms with Gasteiger partial charge in [-0.15, -0.1) is 0 Å². The summed E-state index contributed by atoms with van der Waals surface area (Å²) in [6, 6.07) is 5.78. The highest BCUT2D eigenvalue weighted by atomic mass is 16.2.